The average Bonchev–Trinajstić information content (AvgIpc) is 3.18. The quantitative estimate of drug-likeness (QED) is 0.422. The van der Waals surface area contributed by atoms with E-state index in [0.29, 0.717) is 11.3 Å². The number of hydrogen-bond donors (Lipinski definition) is 1. The lowest BCUT2D eigenvalue weighted by atomic mass is 10.1. The van der Waals surface area contributed by atoms with E-state index in [4.69, 9.17) is 4.42 Å². The number of nitrogens with zero attached hydrogens (tertiary/aromatic N) is 2. The molecule has 0 aliphatic heterocycles. The lowest BCUT2D eigenvalue weighted by Gasteiger charge is -2.06. The van der Waals surface area contributed by atoms with Crippen LogP contribution in [0, 0.1) is 10.1 Å². The third-order valence-corrected chi connectivity index (χ3v) is 4.09. The lowest BCUT2D eigenvalue weighted by molar-refractivity contribution is -0.384. The van der Waals surface area contributed by atoms with E-state index in [9.17, 15) is 14.9 Å². The third-order valence-electron chi connectivity index (χ3n) is 4.09. The second-order valence-electron chi connectivity index (χ2n) is 5.77. The molecule has 2 aromatic carbocycles. The number of furan rings is 1. The van der Waals surface area contributed by atoms with Crippen molar-refractivity contribution in [2.24, 2.45) is 0 Å². The number of carbonyl (C=O) groups is 1. The molecule has 1 N–H and O–H groups in total. The summed E-state index contributed by atoms with van der Waals surface area (Å²) in [5.74, 6) is -0.132. The van der Waals surface area contributed by atoms with Crippen LogP contribution in [0.1, 0.15) is 10.6 Å². The van der Waals surface area contributed by atoms with E-state index < -0.39 is 10.8 Å². The van der Waals surface area contributed by atoms with Crippen LogP contribution in [-0.2, 0) is 0 Å². The van der Waals surface area contributed by atoms with Gasteiger partial charge in [0.15, 0.2) is 5.76 Å². The summed E-state index contributed by atoms with van der Waals surface area (Å²) < 4.78 is 5.57. The zero-order valence-electron chi connectivity index (χ0n) is 14.0. The number of nitro benzene ring substituents is 1. The number of fused-ring (bicyclic) bond motifs is 1. The summed E-state index contributed by atoms with van der Waals surface area (Å²) in [6.45, 7) is 0. The Morgan fingerprint density at radius 1 is 1.00 bits per heavy atom. The van der Waals surface area contributed by atoms with Crippen LogP contribution in [0.4, 0.5) is 11.4 Å². The molecule has 0 atom stereocenters. The second-order valence-corrected chi connectivity index (χ2v) is 5.77. The normalized spacial score (nSPS) is 10.7. The van der Waals surface area contributed by atoms with E-state index in [-0.39, 0.29) is 17.2 Å². The molecule has 2 aromatic heterocycles. The number of nitro groups is 1. The van der Waals surface area contributed by atoms with Crippen LogP contribution in [0.3, 0.4) is 0 Å². The Morgan fingerprint density at radius 3 is 2.70 bits per heavy atom. The molecule has 7 nitrogen and oxygen atoms in total. The molecule has 0 aliphatic carbocycles. The third kappa shape index (κ3) is 3.13. The molecule has 27 heavy (non-hydrogen) atoms. The van der Waals surface area contributed by atoms with Crippen molar-refractivity contribution < 1.29 is 14.1 Å². The SMILES string of the molecule is O=C(Nc1cccc2ncccc12)c1ccc(-c2ccccc2[N+](=O)[O-])o1. The highest BCUT2D eigenvalue weighted by Gasteiger charge is 2.19. The van der Waals surface area contributed by atoms with E-state index in [2.05, 4.69) is 10.3 Å². The predicted octanol–water partition coefficient (Wildman–Crippen LogP) is 4.66. The average molecular weight is 359 g/mol. The van der Waals surface area contributed by atoms with E-state index in [0.717, 1.165) is 10.9 Å². The molecule has 4 aromatic rings. The number of para-hydroxylation sites is 1. The molecule has 0 bridgehead atoms. The highest BCUT2D eigenvalue weighted by Crippen LogP contribution is 2.31. The van der Waals surface area contributed by atoms with Crippen molar-refractivity contribution in [1.82, 2.24) is 4.98 Å². The minimum Gasteiger partial charge on any atom is -0.451 e. The van der Waals surface area contributed by atoms with E-state index in [1.54, 1.807) is 48.7 Å². The first-order valence-electron chi connectivity index (χ1n) is 8.12. The van der Waals surface area contributed by atoms with Gasteiger partial charge in [0.1, 0.15) is 5.76 Å². The summed E-state index contributed by atoms with van der Waals surface area (Å²) in [5.41, 5.74) is 1.60. The fourth-order valence-corrected chi connectivity index (χ4v) is 2.84. The number of carbonyl (C=O) groups excluding carboxylic acids is 1. The Kier molecular flexibility index (Phi) is 4.10. The van der Waals surface area contributed by atoms with Gasteiger partial charge in [-0.1, -0.05) is 18.2 Å². The van der Waals surface area contributed by atoms with Crippen LogP contribution in [0.15, 0.2) is 77.3 Å². The lowest BCUT2D eigenvalue weighted by Crippen LogP contribution is -2.11. The van der Waals surface area contributed by atoms with Crippen molar-refractivity contribution in [3.8, 4) is 11.3 Å². The molecule has 0 aliphatic rings. The summed E-state index contributed by atoms with van der Waals surface area (Å²) in [4.78, 5) is 27.5. The largest absolute Gasteiger partial charge is 0.451 e. The molecule has 4 rings (SSSR count). The van der Waals surface area contributed by atoms with Crippen molar-refractivity contribution >= 4 is 28.2 Å². The maximum absolute atomic E-state index is 12.6. The Balaban J connectivity index is 1.64. The van der Waals surface area contributed by atoms with Crippen LogP contribution >= 0.6 is 0 Å². The van der Waals surface area contributed by atoms with E-state index in [1.807, 2.05) is 12.1 Å². The first-order valence-corrected chi connectivity index (χ1v) is 8.12. The number of aromatic nitrogens is 1. The number of nitrogens with one attached hydrogen (secondary N) is 1. The molecule has 0 saturated heterocycles. The molecule has 1 amide bonds. The van der Waals surface area contributed by atoms with Crippen molar-refractivity contribution in [1.29, 1.82) is 0 Å². The van der Waals surface area contributed by atoms with Crippen molar-refractivity contribution in [3.05, 3.63) is 88.8 Å². The van der Waals surface area contributed by atoms with Crippen molar-refractivity contribution in [3.63, 3.8) is 0 Å². The minimum absolute atomic E-state index is 0.0593. The summed E-state index contributed by atoms with van der Waals surface area (Å²) >= 11 is 0. The highest BCUT2D eigenvalue weighted by atomic mass is 16.6. The first kappa shape index (κ1) is 16.5. The number of benzene rings is 2. The monoisotopic (exact) mass is 359 g/mol. The Bertz CT molecular complexity index is 1160. The summed E-state index contributed by atoms with van der Waals surface area (Å²) in [5, 5.41) is 14.8. The fraction of sp³-hybridized carbons (Fsp3) is 0. The van der Waals surface area contributed by atoms with Crippen LogP contribution in [0.25, 0.3) is 22.2 Å². The number of pyridine rings is 1. The molecule has 0 spiro atoms. The molecule has 0 fully saturated rings. The first-order chi connectivity index (χ1) is 13.1. The zero-order chi connectivity index (χ0) is 18.8. The number of amides is 1. The summed E-state index contributed by atoms with van der Waals surface area (Å²) in [7, 11) is 0. The summed E-state index contributed by atoms with van der Waals surface area (Å²) in [6.07, 6.45) is 1.68. The summed E-state index contributed by atoms with van der Waals surface area (Å²) in [6, 6.07) is 18.3. The van der Waals surface area contributed by atoms with Gasteiger partial charge in [-0.3, -0.25) is 19.9 Å². The molecule has 2 heterocycles. The molecule has 0 unspecified atom stereocenters. The molecule has 0 saturated carbocycles. The Labute approximate surface area is 153 Å². The van der Waals surface area contributed by atoms with E-state index >= 15 is 0 Å². The van der Waals surface area contributed by atoms with Crippen LogP contribution in [0.2, 0.25) is 0 Å². The fourth-order valence-electron chi connectivity index (χ4n) is 2.84. The highest BCUT2D eigenvalue weighted by molar-refractivity contribution is 6.07. The topological polar surface area (TPSA) is 98.3 Å². The standard InChI is InChI=1S/C20H13N3O4/c24-20(22-16-8-3-7-15-13(16)6-4-12-21-15)19-11-10-18(27-19)14-5-1-2-9-17(14)23(25)26/h1-12H,(H,22,24). The predicted molar refractivity (Wildman–Crippen MR) is 100 cm³/mol. The van der Waals surface area contributed by atoms with Crippen molar-refractivity contribution in [2.45, 2.75) is 0 Å². The van der Waals surface area contributed by atoms with Gasteiger partial charge in [-0.05, 0) is 42.5 Å². The maximum Gasteiger partial charge on any atom is 0.291 e. The minimum atomic E-state index is -0.485. The molecular weight excluding hydrogens is 346 g/mol. The maximum atomic E-state index is 12.6. The van der Waals surface area contributed by atoms with Crippen molar-refractivity contribution in [2.75, 3.05) is 5.32 Å². The van der Waals surface area contributed by atoms with Gasteiger partial charge in [0.2, 0.25) is 0 Å². The van der Waals surface area contributed by atoms with Gasteiger partial charge in [-0.25, -0.2) is 0 Å². The van der Waals surface area contributed by atoms with Gasteiger partial charge < -0.3 is 9.73 Å². The zero-order valence-corrected chi connectivity index (χ0v) is 14.0. The smallest absolute Gasteiger partial charge is 0.291 e. The molecule has 132 valence electrons. The van der Waals surface area contributed by atoms with Crippen LogP contribution < -0.4 is 5.32 Å². The molecular formula is C20H13N3O4. The van der Waals surface area contributed by atoms with Crippen LogP contribution in [-0.4, -0.2) is 15.8 Å². The number of anilines is 1. The van der Waals surface area contributed by atoms with Gasteiger partial charge in [0.05, 0.1) is 21.7 Å². The van der Waals surface area contributed by atoms with Gasteiger partial charge in [-0.2, -0.15) is 0 Å². The Morgan fingerprint density at radius 2 is 1.85 bits per heavy atom. The number of hydrogen-bond acceptors (Lipinski definition) is 5. The Hall–Kier alpha value is -4.00. The molecule has 0 radical (unpaired) electrons. The van der Waals surface area contributed by atoms with Gasteiger partial charge in [0.25, 0.3) is 11.6 Å². The number of rotatable bonds is 4. The van der Waals surface area contributed by atoms with Gasteiger partial charge in [-0.15, -0.1) is 0 Å². The molecule has 7 heteroatoms. The van der Waals surface area contributed by atoms with Gasteiger partial charge in [0, 0.05) is 17.6 Å². The van der Waals surface area contributed by atoms with E-state index in [1.165, 1.54) is 12.1 Å². The second kappa shape index (κ2) is 6.72. The van der Waals surface area contributed by atoms with Gasteiger partial charge >= 0.3 is 0 Å². The van der Waals surface area contributed by atoms with Crippen LogP contribution in [0.5, 0.6) is 0 Å².